The van der Waals surface area contributed by atoms with Crippen LogP contribution in [0, 0.1) is 0 Å². The van der Waals surface area contributed by atoms with E-state index in [0.29, 0.717) is 50.0 Å². The van der Waals surface area contributed by atoms with Gasteiger partial charge in [-0.25, -0.2) is 13.8 Å². The van der Waals surface area contributed by atoms with Crippen molar-refractivity contribution in [3.63, 3.8) is 0 Å². The Hall–Kier alpha value is -3.33. The lowest BCUT2D eigenvalue weighted by Gasteiger charge is -2.37. The summed E-state index contributed by atoms with van der Waals surface area (Å²) in [5.74, 6) is -1.70. The number of pyridine rings is 1. The fourth-order valence-electron chi connectivity index (χ4n) is 5.24. The van der Waals surface area contributed by atoms with Crippen LogP contribution < -0.4 is 0 Å². The van der Waals surface area contributed by atoms with Gasteiger partial charge in [0.2, 0.25) is 0 Å². The molecule has 34 heavy (non-hydrogen) atoms. The Balaban J connectivity index is 1.28. The minimum atomic E-state index is -0.992. The van der Waals surface area contributed by atoms with E-state index in [-0.39, 0.29) is 11.8 Å². The number of amides is 2. The predicted molar refractivity (Wildman–Crippen MR) is 121 cm³/mol. The van der Waals surface area contributed by atoms with Crippen LogP contribution in [0.15, 0.2) is 66.7 Å². The molecule has 3 aliphatic heterocycles. The highest BCUT2D eigenvalue weighted by Crippen LogP contribution is 2.44. The second-order valence-electron chi connectivity index (χ2n) is 9.09. The molecule has 178 valence electrons. The lowest BCUT2D eigenvalue weighted by molar-refractivity contribution is -0.142. The third-order valence-electron chi connectivity index (χ3n) is 6.91. The average Bonchev–Trinajstić information content (AvgIpc) is 3.48. The number of carbonyl (C=O) groups is 2. The Kier molecular flexibility index (Phi) is 5.59. The number of carbonyl (C=O) groups excluding carboxylic acids is 2. The first kappa shape index (κ1) is 22.5. The Bertz CT molecular complexity index is 1220. The molecule has 0 unspecified atom stereocenters. The molecule has 2 atom stereocenters. The van der Waals surface area contributed by atoms with E-state index >= 15 is 0 Å². The van der Waals surface area contributed by atoms with Gasteiger partial charge in [0.1, 0.15) is 18.4 Å². The van der Waals surface area contributed by atoms with Gasteiger partial charge < -0.3 is 18.9 Å². The Morgan fingerprint density at radius 2 is 2.00 bits per heavy atom. The van der Waals surface area contributed by atoms with Crippen molar-refractivity contribution in [2.24, 2.45) is 0 Å². The number of allylic oxidation sites excluding steroid dienone is 3. The second-order valence-corrected chi connectivity index (χ2v) is 9.09. The summed E-state index contributed by atoms with van der Waals surface area (Å²) in [6, 6.07) is 5.18. The third-order valence-corrected chi connectivity index (χ3v) is 6.91. The monoisotopic (exact) mass is 468 g/mol. The van der Waals surface area contributed by atoms with Crippen LogP contribution in [0.3, 0.4) is 0 Å². The van der Waals surface area contributed by atoms with Crippen LogP contribution in [-0.2, 0) is 9.53 Å². The van der Waals surface area contributed by atoms with Crippen molar-refractivity contribution in [3.05, 3.63) is 72.4 Å². The van der Waals surface area contributed by atoms with Crippen LogP contribution in [0.5, 0.6) is 0 Å². The van der Waals surface area contributed by atoms with E-state index in [1.807, 2.05) is 24.4 Å². The number of fused-ring (bicyclic) bond motifs is 2. The number of hydrogen-bond acceptors (Lipinski definition) is 4. The van der Waals surface area contributed by atoms with Gasteiger partial charge in [-0.3, -0.25) is 9.59 Å². The quantitative estimate of drug-likeness (QED) is 0.638. The van der Waals surface area contributed by atoms with Gasteiger partial charge in [-0.2, -0.15) is 0 Å². The topological polar surface area (TPSA) is 67.2 Å². The maximum Gasteiger partial charge on any atom is 0.274 e. The minimum absolute atomic E-state index is 0.147. The van der Waals surface area contributed by atoms with E-state index in [9.17, 15) is 18.4 Å². The molecule has 5 heterocycles. The van der Waals surface area contributed by atoms with Crippen LogP contribution >= 0.6 is 0 Å². The molecule has 9 heteroatoms. The molecule has 2 aromatic rings. The van der Waals surface area contributed by atoms with Gasteiger partial charge >= 0.3 is 0 Å². The molecule has 0 radical (unpaired) electrons. The van der Waals surface area contributed by atoms with E-state index in [4.69, 9.17) is 4.74 Å². The number of hydrogen-bond donors (Lipinski definition) is 0. The largest absolute Gasteiger partial charge is 0.342 e. The molecule has 3 fully saturated rings. The number of likely N-dealkylation sites (tertiary alicyclic amines) is 1. The first-order valence-corrected chi connectivity index (χ1v) is 11.4. The molecule has 3 aliphatic rings. The zero-order chi connectivity index (χ0) is 24.0. The summed E-state index contributed by atoms with van der Waals surface area (Å²) in [4.78, 5) is 34.2. The maximum atomic E-state index is 14.0. The van der Waals surface area contributed by atoms with Crippen molar-refractivity contribution < 1.29 is 23.1 Å². The van der Waals surface area contributed by atoms with E-state index in [1.165, 1.54) is 6.08 Å². The SMILES string of the molecule is C=C(/C=C(F)\C=C(/C)F)[C@@H]1CC[C@H]2OC3(CCN(C(=O)c4ncn5ccccc45)CC3)C(=O)N21. The molecule has 2 aromatic heterocycles. The zero-order valence-electron chi connectivity index (χ0n) is 18.9. The lowest BCUT2D eigenvalue weighted by atomic mass is 9.89. The predicted octanol–water partition coefficient (Wildman–Crippen LogP) is 3.94. The van der Waals surface area contributed by atoms with Crippen LogP contribution in [0.4, 0.5) is 8.78 Å². The number of rotatable bonds is 4. The highest BCUT2D eigenvalue weighted by Gasteiger charge is 2.58. The Labute approximate surface area is 196 Å². The van der Waals surface area contributed by atoms with Crippen molar-refractivity contribution in [1.29, 1.82) is 0 Å². The van der Waals surface area contributed by atoms with Crippen LogP contribution in [-0.4, -0.2) is 62.0 Å². The zero-order valence-corrected chi connectivity index (χ0v) is 18.9. The molecule has 2 amide bonds. The number of halogens is 2. The number of ether oxygens (including phenoxy) is 1. The van der Waals surface area contributed by atoms with Crippen molar-refractivity contribution in [3.8, 4) is 0 Å². The van der Waals surface area contributed by atoms with Crippen LogP contribution in [0.25, 0.3) is 5.52 Å². The van der Waals surface area contributed by atoms with Crippen LogP contribution in [0.2, 0.25) is 0 Å². The molecular weight excluding hydrogens is 442 g/mol. The van der Waals surface area contributed by atoms with Crippen molar-refractivity contribution in [2.45, 2.75) is 50.5 Å². The number of imidazole rings is 1. The Morgan fingerprint density at radius 1 is 1.24 bits per heavy atom. The minimum Gasteiger partial charge on any atom is -0.342 e. The van der Waals surface area contributed by atoms with E-state index < -0.39 is 29.5 Å². The molecule has 0 N–H and O–H groups in total. The number of nitrogens with zero attached hydrogens (tertiary/aromatic N) is 4. The highest BCUT2D eigenvalue weighted by molar-refractivity contribution is 5.99. The van der Waals surface area contributed by atoms with Gasteiger partial charge in [-0.1, -0.05) is 12.6 Å². The fourth-order valence-corrected chi connectivity index (χ4v) is 5.24. The van der Waals surface area contributed by atoms with Gasteiger partial charge in [-0.05, 0) is 43.5 Å². The van der Waals surface area contributed by atoms with E-state index in [2.05, 4.69) is 11.6 Å². The molecule has 0 aromatic carbocycles. The third kappa shape index (κ3) is 3.73. The molecule has 5 rings (SSSR count). The van der Waals surface area contributed by atoms with Crippen molar-refractivity contribution >= 4 is 17.3 Å². The molecule has 0 saturated carbocycles. The lowest BCUT2D eigenvalue weighted by Crippen LogP contribution is -2.52. The van der Waals surface area contributed by atoms with Gasteiger partial charge in [0.05, 0.1) is 17.4 Å². The normalized spacial score (nSPS) is 24.9. The smallest absolute Gasteiger partial charge is 0.274 e. The average molecular weight is 469 g/mol. The van der Waals surface area contributed by atoms with Gasteiger partial charge in [0.15, 0.2) is 11.3 Å². The van der Waals surface area contributed by atoms with Crippen LogP contribution in [0.1, 0.15) is 43.1 Å². The maximum absolute atomic E-state index is 14.0. The van der Waals surface area contributed by atoms with E-state index in [0.717, 1.165) is 18.5 Å². The first-order valence-electron chi connectivity index (χ1n) is 11.4. The molecule has 1 spiro atoms. The second kappa shape index (κ2) is 8.47. The Morgan fingerprint density at radius 3 is 2.74 bits per heavy atom. The molecule has 3 saturated heterocycles. The van der Waals surface area contributed by atoms with Gasteiger partial charge in [0, 0.05) is 38.2 Å². The molecule has 7 nitrogen and oxygen atoms in total. The standard InChI is InChI=1S/C25H26F2N4O3/c1-16(13-18(27)14-17(2)26)19-6-7-21-31(19)24(33)25(34-21)8-11-29(12-9-25)23(32)22-20-5-3-4-10-30(20)15-28-22/h3-5,10,13-15,19,21H,1,6-9,11-12H2,2H3/b17-14+,18-13+/t19-,21+/m0/s1. The molecule has 0 bridgehead atoms. The summed E-state index contributed by atoms with van der Waals surface area (Å²) in [6.07, 6.45) is 6.99. The number of piperidine rings is 1. The summed E-state index contributed by atoms with van der Waals surface area (Å²) < 4.78 is 35.0. The van der Waals surface area contributed by atoms with Gasteiger partial charge in [-0.15, -0.1) is 0 Å². The van der Waals surface area contributed by atoms with Gasteiger partial charge in [0.25, 0.3) is 11.8 Å². The summed E-state index contributed by atoms with van der Waals surface area (Å²) in [5.41, 5.74) is 0.541. The summed E-state index contributed by atoms with van der Waals surface area (Å²) in [5, 5.41) is 0. The van der Waals surface area contributed by atoms with Crippen molar-refractivity contribution in [2.75, 3.05) is 13.1 Å². The summed E-state index contributed by atoms with van der Waals surface area (Å²) in [6.45, 7) is 5.83. The molecular formula is C25H26F2N4O3. The van der Waals surface area contributed by atoms with E-state index in [1.54, 1.807) is 20.5 Å². The fraction of sp³-hybridized carbons (Fsp3) is 0.400. The van der Waals surface area contributed by atoms with Crippen molar-refractivity contribution in [1.82, 2.24) is 19.2 Å². The number of aromatic nitrogens is 2. The highest BCUT2D eigenvalue weighted by atomic mass is 19.1. The first-order chi connectivity index (χ1) is 16.3. The molecule has 0 aliphatic carbocycles. The summed E-state index contributed by atoms with van der Waals surface area (Å²) >= 11 is 0. The summed E-state index contributed by atoms with van der Waals surface area (Å²) in [7, 11) is 0.